The molecule has 0 bridgehead atoms. The number of benzene rings is 2. The lowest BCUT2D eigenvalue weighted by Gasteiger charge is -2.18. The maximum atomic E-state index is 13.7. The minimum absolute atomic E-state index is 0.0644. The fraction of sp³-hybridized carbons (Fsp3) is 0.190. The molecule has 0 saturated carbocycles. The van der Waals surface area contributed by atoms with Crippen LogP contribution >= 0.6 is 27.7 Å². The largest absolute Gasteiger partial charge is 0.488 e. The Morgan fingerprint density at radius 1 is 1.27 bits per heavy atom. The molecular weight excluding hydrogens is 477 g/mol. The van der Waals surface area contributed by atoms with E-state index >= 15 is 0 Å². The molecule has 0 aromatic heterocycles. The van der Waals surface area contributed by atoms with Gasteiger partial charge in [-0.05, 0) is 64.5 Å². The first-order chi connectivity index (χ1) is 14.3. The van der Waals surface area contributed by atoms with Gasteiger partial charge in [0.2, 0.25) is 0 Å². The average Bonchev–Trinajstić information content (AvgIpc) is 3.00. The molecule has 2 aromatic rings. The Bertz CT molecular complexity index is 1040. The Labute approximate surface area is 185 Å². The van der Waals surface area contributed by atoms with Crippen molar-refractivity contribution in [1.82, 2.24) is 4.90 Å². The van der Waals surface area contributed by atoms with Gasteiger partial charge in [0.25, 0.3) is 11.1 Å². The molecule has 0 N–H and O–H groups in total. The van der Waals surface area contributed by atoms with Crippen LogP contribution in [0.5, 0.6) is 5.75 Å². The molecule has 1 fully saturated rings. The number of nitrogens with zero attached hydrogens (tertiary/aromatic N) is 1. The Hall–Kier alpha value is -2.65. The van der Waals surface area contributed by atoms with E-state index in [4.69, 9.17) is 4.74 Å². The van der Waals surface area contributed by atoms with Gasteiger partial charge in [-0.25, -0.2) is 9.18 Å². The van der Waals surface area contributed by atoms with Crippen molar-refractivity contribution >= 4 is 50.9 Å². The summed E-state index contributed by atoms with van der Waals surface area (Å²) in [6.45, 7) is 1.50. The topological polar surface area (TPSA) is 72.9 Å². The second kappa shape index (κ2) is 9.44. The van der Waals surface area contributed by atoms with E-state index in [1.54, 1.807) is 42.5 Å². The third-order valence-electron chi connectivity index (χ3n) is 4.35. The highest BCUT2D eigenvalue weighted by atomic mass is 79.9. The van der Waals surface area contributed by atoms with Crippen LogP contribution in [0.4, 0.5) is 9.18 Å². The number of halogens is 2. The number of carbonyl (C=O) groups excluding carboxylic acids is 3. The number of amides is 2. The molecule has 1 saturated heterocycles. The van der Waals surface area contributed by atoms with Crippen molar-refractivity contribution in [3.63, 3.8) is 0 Å². The van der Waals surface area contributed by atoms with Gasteiger partial charge in [-0.15, -0.1) is 0 Å². The van der Waals surface area contributed by atoms with Gasteiger partial charge in [0.15, 0.2) is 0 Å². The monoisotopic (exact) mass is 493 g/mol. The quantitative estimate of drug-likeness (QED) is 0.426. The summed E-state index contributed by atoms with van der Waals surface area (Å²) in [5, 5.41) is -0.534. The molecule has 30 heavy (non-hydrogen) atoms. The predicted octanol–water partition coefficient (Wildman–Crippen LogP) is 4.77. The van der Waals surface area contributed by atoms with Crippen molar-refractivity contribution in [3.8, 4) is 5.75 Å². The number of carbonyl (C=O) groups is 3. The summed E-state index contributed by atoms with van der Waals surface area (Å²) in [6.07, 6.45) is 1.56. The molecule has 156 valence electrons. The van der Waals surface area contributed by atoms with Gasteiger partial charge in [0.05, 0.1) is 16.5 Å². The molecule has 1 atom stereocenters. The van der Waals surface area contributed by atoms with E-state index in [9.17, 15) is 18.8 Å². The Morgan fingerprint density at radius 3 is 2.67 bits per heavy atom. The molecule has 2 aromatic carbocycles. The van der Waals surface area contributed by atoms with Crippen LogP contribution in [-0.2, 0) is 20.9 Å². The lowest BCUT2D eigenvalue weighted by molar-refractivity contribution is -0.148. The van der Waals surface area contributed by atoms with Crippen LogP contribution in [0.15, 0.2) is 51.8 Å². The van der Waals surface area contributed by atoms with Crippen LogP contribution in [-0.4, -0.2) is 35.2 Å². The Kier molecular flexibility index (Phi) is 6.94. The molecule has 3 rings (SSSR count). The van der Waals surface area contributed by atoms with Gasteiger partial charge in [0, 0.05) is 5.56 Å². The van der Waals surface area contributed by atoms with Gasteiger partial charge in [0.1, 0.15) is 24.2 Å². The van der Waals surface area contributed by atoms with Crippen LogP contribution < -0.4 is 4.74 Å². The number of ether oxygens (including phenoxy) is 2. The van der Waals surface area contributed by atoms with Gasteiger partial charge >= 0.3 is 5.97 Å². The summed E-state index contributed by atoms with van der Waals surface area (Å²) in [7, 11) is 1.20. The molecule has 1 aliphatic rings. The van der Waals surface area contributed by atoms with Crippen molar-refractivity contribution in [2.24, 2.45) is 0 Å². The van der Waals surface area contributed by atoms with Crippen LogP contribution in [0, 0.1) is 5.82 Å². The summed E-state index contributed by atoms with van der Waals surface area (Å²) in [5.41, 5.74) is 1.08. The highest BCUT2D eigenvalue weighted by molar-refractivity contribution is 9.10. The van der Waals surface area contributed by atoms with E-state index in [2.05, 4.69) is 20.7 Å². The van der Waals surface area contributed by atoms with Gasteiger partial charge < -0.3 is 9.47 Å². The van der Waals surface area contributed by atoms with Crippen LogP contribution in [0.3, 0.4) is 0 Å². The number of imide groups is 1. The number of rotatable bonds is 6. The summed E-state index contributed by atoms with van der Waals surface area (Å²) < 4.78 is 24.6. The van der Waals surface area contributed by atoms with E-state index in [1.165, 1.54) is 20.1 Å². The molecule has 1 heterocycles. The van der Waals surface area contributed by atoms with Gasteiger partial charge in [-0.2, -0.15) is 0 Å². The highest BCUT2D eigenvalue weighted by Gasteiger charge is 2.41. The summed E-state index contributed by atoms with van der Waals surface area (Å²) >= 11 is 4.16. The average molecular weight is 494 g/mol. The number of hydrogen-bond acceptors (Lipinski definition) is 6. The van der Waals surface area contributed by atoms with E-state index in [1.807, 2.05) is 0 Å². The van der Waals surface area contributed by atoms with Gasteiger partial charge in [-0.1, -0.05) is 24.3 Å². The molecule has 2 amide bonds. The Balaban J connectivity index is 1.74. The first kappa shape index (κ1) is 22.0. The number of methoxy groups -OCH3 is 1. The zero-order valence-electron chi connectivity index (χ0n) is 16.1. The Morgan fingerprint density at radius 2 is 2.00 bits per heavy atom. The minimum atomic E-state index is -1.01. The molecule has 0 spiro atoms. The minimum Gasteiger partial charge on any atom is -0.488 e. The highest BCUT2D eigenvalue weighted by Crippen LogP contribution is 2.35. The standard InChI is InChI=1S/C21H17BrFNO5S/c1-12(20(26)28-2)24-19(25)18(30-21(24)27)10-13-7-8-17(15(22)9-13)29-11-14-5-3-4-6-16(14)23/h3-10,12H,11H2,1-2H3/b18-10+/t12-/m1/s1. The fourth-order valence-electron chi connectivity index (χ4n) is 2.74. The summed E-state index contributed by atoms with van der Waals surface area (Å²) in [4.78, 5) is 37.5. The number of thioether (sulfide) groups is 1. The maximum absolute atomic E-state index is 13.7. The second-order valence-corrected chi connectivity index (χ2v) is 8.17. The van der Waals surface area contributed by atoms with Crippen LogP contribution in [0.2, 0.25) is 0 Å². The number of esters is 1. The summed E-state index contributed by atoms with van der Waals surface area (Å²) in [6, 6.07) is 10.4. The third-order valence-corrected chi connectivity index (χ3v) is 5.85. The lowest BCUT2D eigenvalue weighted by Crippen LogP contribution is -2.42. The maximum Gasteiger partial charge on any atom is 0.328 e. The second-order valence-electron chi connectivity index (χ2n) is 6.32. The van der Waals surface area contributed by atoms with E-state index in [-0.39, 0.29) is 17.3 Å². The predicted molar refractivity (Wildman–Crippen MR) is 114 cm³/mol. The van der Waals surface area contributed by atoms with Crippen molar-refractivity contribution < 1.29 is 28.2 Å². The first-order valence-corrected chi connectivity index (χ1v) is 10.4. The molecular formula is C21H17BrFNO5S. The van der Waals surface area contributed by atoms with Crippen molar-refractivity contribution in [2.75, 3.05) is 7.11 Å². The molecule has 0 aliphatic carbocycles. The zero-order valence-corrected chi connectivity index (χ0v) is 18.5. The van der Waals surface area contributed by atoms with E-state index < -0.39 is 23.2 Å². The fourth-order valence-corrected chi connectivity index (χ4v) is 4.16. The molecule has 0 radical (unpaired) electrons. The smallest absolute Gasteiger partial charge is 0.328 e. The molecule has 9 heteroatoms. The lowest BCUT2D eigenvalue weighted by atomic mass is 10.2. The molecule has 0 unspecified atom stereocenters. The summed E-state index contributed by atoms with van der Waals surface area (Å²) in [5.74, 6) is -1.07. The van der Waals surface area contributed by atoms with Crippen LogP contribution in [0.1, 0.15) is 18.1 Å². The molecule has 6 nitrogen and oxygen atoms in total. The van der Waals surface area contributed by atoms with E-state index in [0.29, 0.717) is 21.3 Å². The van der Waals surface area contributed by atoms with Crippen molar-refractivity contribution in [1.29, 1.82) is 0 Å². The zero-order chi connectivity index (χ0) is 21.8. The first-order valence-electron chi connectivity index (χ1n) is 8.82. The number of hydrogen-bond donors (Lipinski definition) is 0. The SMILES string of the molecule is COC(=O)[C@@H](C)N1C(=O)S/C(=C/c2ccc(OCc3ccccc3F)c(Br)c2)C1=O. The third kappa shape index (κ3) is 4.73. The normalized spacial score (nSPS) is 16.1. The van der Waals surface area contributed by atoms with Crippen molar-refractivity contribution in [3.05, 3.63) is 68.8 Å². The van der Waals surface area contributed by atoms with Gasteiger partial charge in [-0.3, -0.25) is 14.5 Å². The van der Waals surface area contributed by atoms with E-state index in [0.717, 1.165) is 16.7 Å². The molecule has 1 aliphatic heterocycles. The van der Waals surface area contributed by atoms with Crippen molar-refractivity contribution in [2.45, 2.75) is 19.6 Å². The van der Waals surface area contributed by atoms with Crippen LogP contribution in [0.25, 0.3) is 6.08 Å².